The molecule has 0 bridgehead atoms. The molecule has 3 heteroatoms. The van der Waals surface area contributed by atoms with Crippen molar-refractivity contribution in [3.63, 3.8) is 0 Å². The van der Waals surface area contributed by atoms with Crippen molar-refractivity contribution in [2.75, 3.05) is 0 Å². The lowest BCUT2D eigenvalue weighted by atomic mass is 10.0. The molecule has 0 aliphatic rings. The summed E-state index contributed by atoms with van der Waals surface area (Å²) >= 11 is 0. The van der Waals surface area contributed by atoms with Crippen LogP contribution in [0, 0.1) is 0 Å². The molecular formula is C12H12N2O. The second-order valence-corrected chi connectivity index (χ2v) is 3.30. The van der Waals surface area contributed by atoms with Gasteiger partial charge in [-0.15, -0.1) is 0 Å². The molecule has 0 fully saturated rings. The first-order chi connectivity index (χ1) is 7.42. The number of carbonyl (C=O) groups is 1. The molecule has 1 heterocycles. The van der Waals surface area contributed by atoms with Gasteiger partial charge in [0.05, 0.1) is 0 Å². The largest absolute Gasteiger partial charge is 0.345 e. The lowest BCUT2D eigenvalue weighted by Crippen LogP contribution is -1.91. The van der Waals surface area contributed by atoms with Crippen LogP contribution in [0.1, 0.15) is 12.0 Å². The Hall–Kier alpha value is -1.90. The Morgan fingerprint density at radius 3 is 2.93 bits per heavy atom. The zero-order chi connectivity index (χ0) is 10.5. The summed E-state index contributed by atoms with van der Waals surface area (Å²) in [4.78, 5) is 17.6. The van der Waals surface area contributed by atoms with Gasteiger partial charge in [-0.1, -0.05) is 24.3 Å². The molecule has 1 aromatic carbocycles. The van der Waals surface area contributed by atoms with E-state index in [-0.39, 0.29) is 0 Å². The number of aromatic nitrogens is 2. The van der Waals surface area contributed by atoms with Crippen molar-refractivity contribution in [1.82, 2.24) is 9.97 Å². The Morgan fingerprint density at radius 2 is 2.20 bits per heavy atom. The minimum Gasteiger partial charge on any atom is -0.345 e. The number of hydrogen-bond donors (Lipinski definition) is 1. The van der Waals surface area contributed by atoms with Crippen molar-refractivity contribution < 1.29 is 4.79 Å². The van der Waals surface area contributed by atoms with Crippen LogP contribution in [0.15, 0.2) is 36.7 Å². The highest BCUT2D eigenvalue weighted by Gasteiger charge is 2.05. The lowest BCUT2D eigenvalue weighted by molar-refractivity contribution is -0.107. The number of H-pyrrole nitrogens is 1. The van der Waals surface area contributed by atoms with Crippen LogP contribution >= 0.6 is 0 Å². The maximum absolute atomic E-state index is 10.4. The minimum atomic E-state index is 0.553. The zero-order valence-electron chi connectivity index (χ0n) is 8.31. The van der Waals surface area contributed by atoms with E-state index in [1.807, 2.05) is 24.3 Å². The monoisotopic (exact) mass is 200 g/mol. The predicted octanol–water partition coefficient (Wildman–Crippen LogP) is 2.21. The van der Waals surface area contributed by atoms with Crippen molar-refractivity contribution >= 4 is 6.29 Å². The van der Waals surface area contributed by atoms with Crippen LogP contribution in [0.3, 0.4) is 0 Å². The maximum atomic E-state index is 10.4. The van der Waals surface area contributed by atoms with Gasteiger partial charge in [-0.25, -0.2) is 4.98 Å². The van der Waals surface area contributed by atoms with Gasteiger partial charge in [0.15, 0.2) is 0 Å². The molecular weight excluding hydrogens is 188 g/mol. The number of carbonyl (C=O) groups excluding carboxylic acids is 1. The number of nitrogens with one attached hydrogen (secondary N) is 1. The molecule has 0 saturated heterocycles. The van der Waals surface area contributed by atoms with Crippen LogP contribution < -0.4 is 0 Å². The Morgan fingerprint density at radius 1 is 1.33 bits per heavy atom. The van der Waals surface area contributed by atoms with Crippen LogP contribution in [0.2, 0.25) is 0 Å². The van der Waals surface area contributed by atoms with Gasteiger partial charge in [-0.2, -0.15) is 0 Å². The number of hydrogen-bond acceptors (Lipinski definition) is 2. The highest BCUT2D eigenvalue weighted by atomic mass is 16.1. The molecule has 2 rings (SSSR count). The third-order valence-electron chi connectivity index (χ3n) is 2.30. The standard InChI is InChI=1S/C12H12N2O/c15-9-3-5-10-4-1-2-6-11(10)12-13-7-8-14-12/h1-2,4,6-9H,3,5H2,(H,13,14). The summed E-state index contributed by atoms with van der Waals surface area (Å²) in [6, 6.07) is 8.00. The number of aldehydes is 1. The summed E-state index contributed by atoms with van der Waals surface area (Å²) in [5.74, 6) is 0.858. The van der Waals surface area contributed by atoms with Gasteiger partial charge in [-0.3, -0.25) is 0 Å². The smallest absolute Gasteiger partial charge is 0.137 e. The Bertz CT molecular complexity index is 435. The third-order valence-corrected chi connectivity index (χ3v) is 2.30. The Kier molecular flexibility index (Phi) is 2.93. The number of rotatable bonds is 4. The Balaban J connectivity index is 2.34. The fraction of sp³-hybridized carbons (Fsp3) is 0.167. The van der Waals surface area contributed by atoms with Crippen molar-refractivity contribution in [2.24, 2.45) is 0 Å². The average Bonchev–Trinajstić information content (AvgIpc) is 2.80. The topological polar surface area (TPSA) is 45.8 Å². The highest BCUT2D eigenvalue weighted by Crippen LogP contribution is 2.20. The molecule has 0 aliphatic carbocycles. The summed E-state index contributed by atoms with van der Waals surface area (Å²) in [7, 11) is 0. The maximum Gasteiger partial charge on any atom is 0.137 e. The van der Waals surface area contributed by atoms with E-state index in [2.05, 4.69) is 9.97 Å². The lowest BCUT2D eigenvalue weighted by Gasteiger charge is -2.04. The van der Waals surface area contributed by atoms with Gasteiger partial charge in [-0.05, 0) is 12.0 Å². The van der Waals surface area contributed by atoms with Crippen molar-refractivity contribution in [3.8, 4) is 11.4 Å². The van der Waals surface area contributed by atoms with Crippen molar-refractivity contribution in [1.29, 1.82) is 0 Å². The average molecular weight is 200 g/mol. The molecule has 0 unspecified atom stereocenters. The second-order valence-electron chi connectivity index (χ2n) is 3.30. The Labute approximate surface area is 88.2 Å². The molecule has 76 valence electrons. The first-order valence-electron chi connectivity index (χ1n) is 4.93. The van der Waals surface area contributed by atoms with E-state index in [1.54, 1.807) is 12.4 Å². The van der Waals surface area contributed by atoms with Crippen LogP contribution in [0.25, 0.3) is 11.4 Å². The van der Waals surface area contributed by atoms with E-state index in [4.69, 9.17) is 0 Å². The number of nitrogens with zero attached hydrogens (tertiary/aromatic N) is 1. The van der Waals surface area contributed by atoms with Crippen LogP contribution in [0.5, 0.6) is 0 Å². The van der Waals surface area contributed by atoms with Crippen LogP contribution in [0.4, 0.5) is 0 Å². The molecule has 0 radical (unpaired) electrons. The van der Waals surface area contributed by atoms with Crippen LogP contribution in [-0.4, -0.2) is 16.3 Å². The summed E-state index contributed by atoms with van der Waals surface area (Å²) in [5.41, 5.74) is 2.23. The second kappa shape index (κ2) is 4.55. The fourth-order valence-electron chi connectivity index (χ4n) is 1.60. The van der Waals surface area contributed by atoms with Crippen LogP contribution in [-0.2, 0) is 11.2 Å². The summed E-state index contributed by atoms with van der Waals surface area (Å²) in [6.45, 7) is 0. The normalized spacial score (nSPS) is 10.1. The molecule has 0 amide bonds. The van der Waals surface area contributed by atoms with Gasteiger partial charge in [0.1, 0.15) is 12.1 Å². The van der Waals surface area contributed by atoms with Gasteiger partial charge < -0.3 is 9.78 Å². The number of imidazole rings is 1. The van der Waals surface area contributed by atoms with E-state index in [0.717, 1.165) is 29.7 Å². The number of aryl methyl sites for hydroxylation is 1. The summed E-state index contributed by atoms with van der Waals surface area (Å²) in [6.07, 6.45) is 5.79. The number of aromatic amines is 1. The molecule has 1 aromatic heterocycles. The van der Waals surface area contributed by atoms with Gasteiger partial charge >= 0.3 is 0 Å². The summed E-state index contributed by atoms with van der Waals surface area (Å²) < 4.78 is 0. The number of benzene rings is 1. The third kappa shape index (κ3) is 2.13. The SMILES string of the molecule is O=CCCc1ccccc1-c1ncc[nH]1. The first kappa shape index (κ1) is 9.65. The van der Waals surface area contributed by atoms with E-state index in [1.165, 1.54) is 0 Å². The van der Waals surface area contributed by atoms with Crippen molar-refractivity contribution in [2.45, 2.75) is 12.8 Å². The fourth-order valence-corrected chi connectivity index (χ4v) is 1.60. The van der Waals surface area contributed by atoms with Gasteiger partial charge in [0.25, 0.3) is 0 Å². The minimum absolute atomic E-state index is 0.553. The van der Waals surface area contributed by atoms with E-state index in [0.29, 0.717) is 6.42 Å². The van der Waals surface area contributed by atoms with E-state index >= 15 is 0 Å². The quantitative estimate of drug-likeness (QED) is 0.769. The molecule has 1 N–H and O–H groups in total. The molecule has 0 saturated carbocycles. The molecule has 0 spiro atoms. The molecule has 2 aromatic rings. The van der Waals surface area contributed by atoms with E-state index < -0.39 is 0 Å². The molecule has 15 heavy (non-hydrogen) atoms. The van der Waals surface area contributed by atoms with E-state index in [9.17, 15) is 4.79 Å². The first-order valence-corrected chi connectivity index (χ1v) is 4.93. The summed E-state index contributed by atoms with van der Waals surface area (Å²) in [5, 5.41) is 0. The highest BCUT2D eigenvalue weighted by molar-refractivity contribution is 5.61. The predicted molar refractivity (Wildman–Crippen MR) is 58.4 cm³/mol. The van der Waals surface area contributed by atoms with Gasteiger partial charge in [0.2, 0.25) is 0 Å². The molecule has 3 nitrogen and oxygen atoms in total. The molecule has 0 aliphatic heterocycles. The van der Waals surface area contributed by atoms with Gasteiger partial charge in [0, 0.05) is 24.4 Å². The zero-order valence-corrected chi connectivity index (χ0v) is 8.31. The molecule has 0 atom stereocenters. The van der Waals surface area contributed by atoms with Crippen molar-refractivity contribution in [3.05, 3.63) is 42.2 Å².